The van der Waals surface area contributed by atoms with E-state index in [0.717, 1.165) is 11.3 Å². The van der Waals surface area contributed by atoms with Gasteiger partial charge in [0.25, 0.3) is 0 Å². The van der Waals surface area contributed by atoms with E-state index in [1.807, 2.05) is 36.5 Å². The van der Waals surface area contributed by atoms with Crippen LogP contribution in [0.5, 0.6) is 0 Å². The van der Waals surface area contributed by atoms with Gasteiger partial charge in [-0.15, -0.1) is 5.10 Å². The molecule has 0 spiro atoms. The number of rotatable bonds is 4. The van der Waals surface area contributed by atoms with Crippen LogP contribution in [0.25, 0.3) is 11.3 Å². The zero-order valence-electron chi connectivity index (χ0n) is 15.6. The number of aromatic nitrogens is 5. The highest BCUT2D eigenvalue weighted by Gasteiger charge is 2.36. The molecule has 1 atom stereocenters. The Labute approximate surface area is 158 Å². The van der Waals surface area contributed by atoms with Crippen molar-refractivity contribution in [3.05, 3.63) is 47.9 Å². The third kappa shape index (κ3) is 3.06. The molecule has 8 nitrogen and oxygen atoms in total. The maximum atomic E-state index is 13.1. The summed E-state index contributed by atoms with van der Waals surface area (Å²) in [5.74, 6) is 0. The van der Waals surface area contributed by atoms with Gasteiger partial charge in [-0.25, -0.2) is 13.1 Å². The highest BCUT2D eigenvalue weighted by molar-refractivity contribution is 7.89. The lowest BCUT2D eigenvalue weighted by Gasteiger charge is -2.17. The lowest BCUT2D eigenvalue weighted by atomic mass is 10.2. The van der Waals surface area contributed by atoms with Crippen LogP contribution < -0.4 is 0 Å². The van der Waals surface area contributed by atoms with Gasteiger partial charge in [0.05, 0.1) is 23.6 Å². The van der Waals surface area contributed by atoms with Crippen LogP contribution in [0, 0.1) is 13.8 Å². The van der Waals surface area contributed by atoms with Gasteiger partial charge in [0.1, 0.15) is 10.6 Å². The van der Waals surface area contributed by atoms with Gasteiger partial charge in [0, 0.05) is 25.7 Å². The van der Waals surface area contributed by atoms with Gasteiger partial charge >= 0.3 is 0 Å². The van der Waals surface area contributed by atoms with E-state index in [2.05, 4.69) is 15.4 Å². The third-order valence-electron chi connectivity index (χ3n) is 5.12. The second-order valence-corrected chi connectivity index (χ2v) is 8.75. The molecule has 2 aromatic heterocycles. The van der Waals surface area contributed by atoms with E-state index in [1.165, 1.54) is 4.31 Å². The number of aryl methyl sites for hydroxylation is 2. The van der Waals surface area contributed by atoms with Gasteiger partial charge in [-0.2, -0.15) is 9.40 Å². The molecule has 0 saturated carbocycles. The van der Waals surface area contributed by atoms with Crippen molar-refractivity contribution in [2.24, 2.45) is 7.05 Å². The van der Waals surface area contributed by atoms with Crippen molar-refractivity contribution in [3.63, 3.8) is 0 Å². The smallest absolute Gasteiger partial charge is 0.246 e. The van der Waals surface area contributed by atoms with Crippen LogP contribution in [0.3, 0.4) is 0 Å². The largest absolute Gasteiger partial charge is 0.271 e. The molecular weight excluding hydrogens is 364 g/mol. The number of hydrogen-bond acceptors (Lipinski definition) is 5. The number of hydrogen-bond donors (Lipinski definition) is 0. The molecule has 0 radical (unpaired) electrons. The van der Waals surface area contributed by atoms with Gasteiger partial charge in [-0.05, 0) is 20.3 Å². The first-order valence-corrected chi connectivity index (χ1v) is 10.3. The summed E-state index contributed by atoms with van der Waals surface area (Å²) in [6.45, 7) is 4.36. The molecule has 1 aliphatic heterocycles. The lowest BCUT2D eigenvalue weighted by molar-refractivity contribution is 0.428. The Morgan fingerprint density at radius 2 is 1.89 bits per heavy atom. The molecule has 3 heterocycles. The summed E-state index contributed by atoms with van der Waals surface area (Å²) in [5, 5.41) is 12.7. The van der Waals surface area contributed by atoms with Crippen LogP contribution >= 0.6 is 0 Å². The number of nitrogens with zero attached hydrogens (tertiary/aromatic N) is 6. The Balaban J connectivity index is 1.56. The van der Waals surface area contributed by atoms with Gasteiger partial charge in [-0.1, -0.05) is 35.5 Å². The molecule has 1 aromatic carbocycles. The predicted octanol–water partition coefficient (Wildman–Crippen LogP) is 1.93. The summed E-state index contributed by atoms with van der Waals surface area (Å²) in [6, 6.07) is 9.80. The fraction of sp³-hybridized carbons (Fsp3) is 0.389. The third-order valence-corrected chi connectivity index (χ3v) is 7.24. The molecular formula is C18H22N6O2S. The Morgan fingerprint density at radius 1 is 1.15 bits per heavy atom. The molecule has 1 aliphatic rings. The van der Waals surface area contributed by atoms with Crippen molar-refractivity contribution in [1.82, 2.24) is 29.1 Å². The molecule has 1 fully saturated rings. The summed E-state index contributed by atoms with van der Waals surface area (Å²) >= 11 is 0. The summed E-state index contributed by atoms with van der Waals surface area (Å²) in [7, 11) is -1.82. The summed E-state index contributed by atoms with van der Waals surface area (Å²) < 4.78 is 31.2. The van der Waals surface area contributed by atoms with Crippen LogP contribution in [0.2, 0.25) is 0 Å². The van der Waals surface area contributed by atoms with Crippen LogP contribution in [0.4, 0.5) is 0 Å². The van der Waals surface area contributed by atoms with E-state index in [0.29, 0.717) is 35.8 Å². The SMILES string of the molecule is Cc1nn(C)c(C)c1S(=O)(=O)N1CCC(n2cc(-c3ccccc3)nn2)C1. The topological polar surface area (TPSA) is 85.9 Å². The first kappa shape index (κ1) is 17.9. The summed E-state index contributed by atoms with van der Waals surface area (Å²) in [6.07, 6.45) is 2.59. The maximum Gasteiger partial charge on any atom is 0.246 e. The molecule has 4 rings (SSSR count). The molecule has 3 aromatic rings. The molecule has 27 heavy (non-hydrogen) atoms. The fourth-order valence-corrected chi connectivity index (χ4v) is 5.49. The quantitative estimate of drug-likeness (QED) is 0.684. The Kier molecular flexibility index (Phi) is 4.35. The second kappa shape index (κ2) is 6.58. The predicted molar refractivity (Wildman–Crippen MR) is 101 cm³/mol. The zero-order valence-corrected chi connectivity index (χ0v) is 16.4. The number of sulfonamides is 1. The highest BCUT2D eigenvalue weighted by atomic mass is 32.2. The van der Waals surface area contributed by atoms with Crippen LogP contribution in [-0.2, 0) is 17.1 Å². The van der Waals surface area contributed by atoms with E-state index >= 15 is 0 Å². The molecule has 142 valence electrons. The van der Waals surface area contributed by atoms with E-state index in [9.17, 15) is 8.42 Å². The van der Waals surface area contributed by atoms with Gasteiger partial charge in [0.15, 0.2) is 0 Å². The minimum absolute atomic E-state index is 0.0259. The highest BCUT2D eigenvalue weighted by Crippen LogP contribution is 2.30. The average molecular weight is 386 g/mol. The first-order valence-electron chi connectivity index (χ1n) is 8.85. The minimum Gasteiger partial charge on any atom is -0.271 e. The molecule has 0 N–H and O–H groups in total. The van der Waals surface area contributed by atoms with Gasteiger partial charge < -0.3 is 0 Å². The lowest BCUT2D eigenvalue weighted by Crippen LogP contribution is -2.30. The van der Waals surface area contributed by atoms with Crippen molar-refractivity contribution < 1.29 is 8.42 Å². The molecule has 0 aliphatic carbocycles. The standard InChI is InChI=1S/C18H22N6O2S/c1-13-18(14(2)22(3)20-13)27(25,26)23-10-9-16(11-23)24-12-17(19-21-24)15-7-5-4-6-8-15/h4-8,12,16H,9-11H2,1-3H3. The van der Waals surface area contributed by atoms with E-state index < -0.39 is 10.0 Å². The van der Waals surface area contributed by atoms with Gasteiger partial charge in [0.2, 0.25) is 10.0 Å². The molecule has 0 bridgehead atoms. The average Bonchev–Trinajstić information content (AvgIpc) is 3.36. The molecule has 1 saturated heterocycles. The van der Waals surface area contributed by atoms with E-state index in [1.54, 1.807) is 30.3 Å². The van der Waals surface area contributed by atoms with Crippen LogP contribution in [-0.4, -0.2) is 50.6 Å². The molecule has 1 unspecified atom stereocenters. The zero-order chi connectivity index (χ0) is 19.2. The minimum atomic E-state index is -3.58. The van der Waals surface area contributed by atoms with E-state index in [4.69, 9.17) is 0 Å². The van der Waals surface area contributed by atoms with Crippen molar-refractivity contribution in [3.8, 4) is 11.3 Å². The van der Waals surface area contributed by atoms with Crippen molar-refractivity contribution >= 4 is 10.0 Å². The molecule has 0 amide bonds. The van der Waals surface area contributed by atoms with Gasteiger partial charge in [-0.3, -0.25) is 4.68 Å². The van der Waals surface area contributed by atoms with Crippen molar-refractivity contribution in [1.29, 1.82) is 0 Å². The molecule has 9 heteroatoms. The summed E-state index contributed by atoms with van der Waals surface area (Å²) in [5.41, 5.74) is 2.97. The van der Waals surface area contributed by atoms with Crippen molar-refractivity contribution in [2.45, 2.75) is 31.2 Å². The van der Waals surface area contributed by atoms with Crippen LogP contribution in [0.15, 0.2) is 41.4 Å². The first-order chi connectivity index (χ1) is 12.9. The van der Waals surface area contributed by atoms with Crippen LogP contribution in [0.1, 0.15) is 23.9 Å². The van der Waals surface area contributed by atoms with Crippen molar-refractivity contribution in [2.75, 3.05) is 13.1 Å². The Morgan fingerprint density at radius 3 is 2.56 bits per heavy atom. The Bertz CT molecular complexity index is 1070. The fourth-order valence-electron chi connectivity index (χ4n) is 3.60. The second-order valence-electron chi connectivity index (χ2n) is 6.88. The maximum absolute atomic E-state index is 13.1. The number of benzene rings is 1. The van der Waals surface area contributed by atoms with E-state index in [-0.39, 0.29) is 6.04 Å². The normalized spacial score (nSPS) is 18.3. The summed E-state index contributed by atoms with van der Waals surface area (Å²) in [4.78, 5) is 0.314. The Hall–Kier alpha value is -2.52. The monoisotopic (exact) mass is 386 g/mol.